The van der Waals surface area contributed by atoms with E-state index < -0.39 is 5.82 Å². The van der Waals surface area contributed by atoms with Crippen LogP contribution in [0.4, 0.5) is 10.2 Å². The Morgan fingerprint density at radius 2 is 2.00 bits per heavy atom. The van der Waals surface area contributed by atoms with Gasteiger partial charge in [0.05, 0.1) is 17.0 Å². The molecule has 0 spiro atoms. The molecule has 35 heavy (non-hydrogen) atoms. The number of piperazine rings is 1. The number of hydrogen-bond donors (Lipinski definition) is 1. The Morgan fingerprint density at radius 3 is 2.77 bits per heavy atom. The second kappa shape index (κ2) is 9.70. The third-order valence-electron chi connectivity index (χ3n) is 7.23. The van der Waals surface area contributed by atoms with Gasteiger partial charge in [0.1, 0.15) is 18.0 Å². The highest BCUT2D eigenvalue weighted by atomic mass is 19.1. The fourth-order valence-electron chi connectivity index (χ4n) is 5.38. The van der Waals surface area contributed by atoms with Crippen molar-refractivity contribution in [3.05, 3.63) is 59.4 Å². The number of hydrogen-bond acceptors (Lipinski definition) is 6. The summed E-state index contributed by atoms with van der Waals surface area (Å²) < 4.78 is 15.4. The second-order valence-electron chi connectivity index (χ2n) is 9.40. The largest absolute Gasteiger partial charge is 0.384 e. The van der Waals surface area contributed by atoms with Gasteiger partial charge in [-0.3, -0.25) is 9.69 Å². The van der Waals surface area contributed by atoms with E-state index in [1.54, 1.807) is 23.1 Å². The van der Waals surface area contributed by atoms with Gasteiger partial charge in [-0.1, -0.05) is 19.4 Å². The van der Waals surface area contributed by atoms with Crippen LogP contribution in [0.1, 0.15) is 47.9 Å². The molecule has 1 unspecified atom stereocenters. The number of aryl methyl sites for hydroxylation is 2. The topological polar surface area (TPSA) is 88.2 Å². The fraction of sp³-hybridized carbons (Fsp3) is 0.407. The zero-order valence-electron chi connectivity index (χ0n) is 20.3. The van der Waals surface area contributed by atoms with Gasteiger partial charge in [-0.25, -0.2) is 19.3 Å². The molecule has 0 radical (unpaired) electrons. The van der Waals surface area contributed by atoms with E-state index in [0.717, 1.165) is 42.0 Å². The first-order valence-electron chi connectivity index (χ1n) is 12.4. The number of nitrogen functional groups attached to an aromatic ring is 1. The summed E-state index contributed by atoms with van der Waals surface area (Å²) in [5.41, 5.74) is 10.4. The Labute approximate surface area is 205 Å². The van der Waals surface area contributed by atoms with Crippen molar-refractivity contribution in [2.75, 3.05) is 31.9 Å². The molecule has 7 nitrogen and oxygen atoms in total. The van der Waals surface area contributed by atoms with Crippen molar-refractivity contribution in [1.29, 1.82) is 0 Å². The van der Waals surface area contributed by atoms with Gasteiger partial charge in [0.25, 0.3) is 5.91 Å². The first-order valence-corrected chi connectivity index (χ1v) is 12.4. The lowest BCUT2D eigenvalue weighted by Gasteiger charge is -2.44. The van der Waals surface area contributed by atoms with E-state index in [4.69, 9.17) is 5.73 Å². The zero-order chi connectivity index (χ0) is 24.5. The molecule has 0 aliphatic carbocycles. The highest BCUT2D eigenvalue weighted by molar-refractivity contribution is 5.95. The van der Waals surface area contributed by atoms with E-state index in [1.807, 2.05) is 19.9 Å². The SMILES string of the molecule is CCc1ncnc(-c2ccc(C(=O)N3CCN4CCCCC4C3)c(F)c2)c1-c1ccc(N)nc1C. The van der Waals surface area contributed by atoms with Crippen LogP contribution in [0.2, 0.25) is 0 Å². The Balaban J connectivity index is 1.48. The lowest BCUT2D eigenvalue weighted by atomic mass is 9.95. The zero-order valence-corrected chi connectivity index (χ0v) is 20.3. The summed E-state index contributed by atoms with van der Waals surface area (Å²) in [4.78, 5) is 30.9. The first kappa shape index (κ1) is 23.4. The minimum Gasteiger partial charge on any atom is -0.384 e. The summed E-state index contributed by atoms with van der Waals surface area (Å²) in [5, 5.41) is 0. The molecule has 0 saturated carbocycles. The average molecular weight is 475 g/mol. The monoisotopic (exact) mass is 474 g/mol. The lowest BCUT2D eigenvalue weighted by Crippen LogP contribution is -2.56. The molecule has 4 heterocycles. The number of aromatic nitrogens is 3. The van der Waals surface area contributed by atoms with E-state index in [9.17, 15) is 4.79 Å². The van der Waals surface area contributed by atoms with E-state index >= 15 is 4.39 Å². The van der Waals surface area contributed by atoms with Crippen molar-refractivity contribution in [2.24, 2.45) is 0 Å². The molecule has 3 aromatic rings. The molecule has 2 saturated heterocycles. The molecule has 2 aliphatic heterocycles. The Kier molecular flexibility index (Phi) is 6.47. The number of fused-ring (bicyclic) bond motifs is 1. The maximum absolute atomic E-state index is 15.4. The molecule has 2 fully saturated rings. The predicted octanol–water partition coefficient (Wildman–Crippen LogP) is 4.11. The molecule has 1 aromatic carbocycles. The van der Waals surface area contributed by atoms with Crippen LogP contribution < -0.4 is 5.73 Å². The molecule has 182 valence electrons. The summed E-state index contributed by atoms with van der Waals surface area (Å²) in [5.74, 6) is -0.339. The molecule has 2 N–H and O–H groups in total. The number of nitrogens with two attached hydrogens (primary N) is 1. The number of halogens is 1. The second-order valence-corrected chi connectivity index (χ2v) is 9.40. The van der Waals surface area contributed by atoms with Crippen molar-refractivity contribution < 1.29 is 9.18 Å². The molecule has 1 atom stereocenters. The summed E-state index contributed by atoms with van der Waals surface area (Å²) in [6, 6.07) is 8.81. The van der Waals surface area contributed by atoms with Gasteiger partial charge >= 0.3 is 0 Å². The maximum atomic E-state index is 15.4. The van der Waals surface area contributed by atoms with Crippen LogP contribution in [-0.4, -0.2) is 62.9 Å². The summed E-state index contributed by atoms with van der Waals surface area (Å²) in [7, 11) is 0. The number of carbonyl (C=O) groups is 1. The number of carbonyl (C=O) groups excluding carboxylic acids is 1. The minimum absolute atomic E-state index is 0.106. The Morgan fingerprint density at radius 1 is 1.14 bits per heavy atom. The van der Waals surface area contributed by atoms with E-state index in [2.05, 4.69) is 19.9 Å². The van der Waals surface area contributed by atoms with Crippen molar-refractivity contribution in [1.82, 2.24) is 24.8 Å². The van der Waals surface area contributed by atoms with Gasteiger partial charge in [-0.15, -0.1) is 0 Å². The number of piperidine rings is 1. The van der Waals surface area contributed by atoms with Gasteiger partial charge in [0, 0.05) is 48.1 Å². The van der Waals surface area contributed by atoms with E-state index in [1.165, 1.54) is 25.2 Å². The van der Waals surface area contributed by atoms with E-state index in [0.29, 0.717) is 42.6 Å². The number of nitrogens with zero attached hydrogens (tertiary/aromatic N) is 5. The van der Waals surface area contributed by atoms with Crippen LogP contribution in [0.5, 0.6) is 0 Å². The Hall–Kier alpha value is -3.39. The van der Waals surface area contributed by atoms with Gasteiger partial charge in [0.15, 0.2) is 0 Å². The molecule has 1 amide bonds. The van der Waals surface area contributed by atoms with Crippen LogP contribution in [0, 0.1) is 12.7 Å². The third-order valence-corrected chi connectivity index (χ3v) is 7.23. The van der Waals surface area contributed by atoms with Crippen LogP contribution in [0.3, 0.4) is 0 Å². The first-order chi connectivity index (χ1) is 17.0. The van der Waals surface area contributed by atoms with Crippen molar-refractivity contribution >= 4 is 11.7 Å². The summed E-state index contributed by atoms with van der Waals surface area (Å²) in [6.45, 7) is 7.16. The quantitative estimate of drug-likeness (QED) is 0.612. The van der Waals surface area contributed by atoms with Gasteiger partial charge in [0.2, 0.25) is 0 Å². The number of pyridine rings is 1. The molecule has 2 aliphatic rings. The van der Waals surface area contributed by atoms with Crippen LogP contribution in [0.15, 0.2) is 36.7 Å². The molecule has 0 bridgehead atoms. The van der Waals surface area contributed by atoms with Crippen molar-refractivity contribution in [3.8, 4) is 22.4 Å². The van der Waals surface area contributed by atoms with Crippen molar-refractivity contribution in [3.63, 3.8) is 0 Å². The van der Waals surface area contributed by atoms with Gasteiger partial charge in [-0.05, 0) is 57.0 Å². The minimum atomic E-state index is -0.534. The normalized spacial score (nSPS) is 18.4. The van der Waals surface area contributed by atoms with Crippen molar-refractivity contribution in [2.45, 2.75) is 45.6 Å². The smallest absolute Gasteiger partial charge is 0.256 e. The van der Waals surface area contributed by atoms with Crippen LogP contribution in [-0.2, 0) is 6.42 Å². The molecular formula is C27H31FN6O. The van der Waals surface area contributed by atoms with Crippen LogP contribution >= 0.6 is 0 Å². The molecule has 8 heteroatoms. The summed E-state index contributed by atoms with van der Waals surface area (Å²) in [6.07, 6.45) is 5.69. The standard InChI is InChI=1S/C27H31FN6O/c1-3-23-25(20-9-10-24(29)32-17(20)2)26(31-16-30-23)18-7-8-21(22(28)14-18)27(35)34-13-12-33-11-5-4-6-19(33)15-34/h7-10,14,16,19H,3-6,11-13,15H2,1-2H3,(H2,29,32). The number of amides is 1. The van der Waals surface area contributed by atoms with E-state index in [-0.39, 0.29) is 11.5 Å². The molecule has 5 rings (SSSR count). The Bertz CT molecular complexity index is 1260. The molecule has 2 aromatic heterocycles. The highest BCUT2D eigenvalue weighted by Crippen LogP contribution is 2.35. The number of anilines is 1. The number of rotatable bonds is 4. The lowest BCUT2D eigenvalue weighted by molar-refractivity contribution is 0.0369. The highest BCUT2D eigenvalue weighted by Gasteiger charge is 2.32. The fourth-order valence-corrected chi connectivity index (χ4v) is 5.38. The van der Waals surface area contributed by atoms with Gasteiger partial charge in [-0.2, -0.15) is 0 Å². The summed E-state index contributed by atoms with van der Waals surface area (Å²) >= 11 is 0. The third kappa shape index (κ3) is 4.50. The van der Waals surface area contributed by atoms with Gasteiger partial charge < -0.3 is 10.6 Å². The van der Waals surface area contributed by atoms with Crippen LogP contribution in [0.25, 0.3) is 22.4 Å². The predicted molar refractivity (Wildman–Crippen MR) is 134 cm³/mol. The molecular weight excluding hydrogens is 443 g/mol. The average Bonchev–Trinajstić information content (AvgIpc) is 2.87. The maximum Gasteiger partial charge on any atom is 0.256 e. The number of benzene rings is 1.